The average Bonchev–Trinajstić information content (AvgIpc) is 2.52. The molecule has 5 heteroatoms. The van der Waals surface area contributed by atoms with Crippen molar-refractivity contribution in [2.45, 2.75) is 59.5 Å². The molecular weight excluding hydrogens is 282 g/mol. The summed E-state index contributed by atoms with van der Waals surface area (Å²) in [6.07, 6.45) is 4.45. The number of rotatable bonds is 11. The van der Waals surface area contributed by atoms with Crippen molar-refractivity contribution < 1.29 is 19.1 Å². The van der Waals surface area contributed by atoms with Gasteiger partial charge in [0.15, 0.2) is 0 Å². The molecule has 0 aliphatic carbocycles. The Hall–Kier alpha value is -1.10. The smallest absolute Gasteiger partial charge is 0.325 e. The first-order valence-corrected chi connectivity index (χ1v) is 8.24. The molecule has 0 aromatic carbocycles. The molecule has 0 aliphatic heterocycles. The third kappa shape index (κ3) is 7.78. The predicted molar refractivity (Wildman–Crippen MR) is 87.5 cm³/mol. The van der Waals surface area contributed by atoms with E-state index in [2.05, 4.69) is 30.8 Å². The molecule has 0 aliphatic rings. The van der Waals surface area contributed by atoms with Crippen LogP contribution in [0.5, 0.6) is 0 Å². The van der Waals surface area contributed by atoms with Crippen molar-refractivity contribution in [3.05, 3.63) is 0 Å². The van der Waals surface area contributed by atoms with Gasteiger partial charge in [-0.25, -0.2) is 0 Å². The van der Waals surface area contributed by atoms with Gasteiger partial charge in [0.2, 0.25) is 5.91 Å². The fraction of sp³-hybridized carbons (Fsp3) is 0.882. The molecule has 0 spiro atoms. The maximum atomic E-state index is 12.1. The molecule has 1 amide bonds. The normalized spacial score (nSPS) is 16.5. The zero-order chi connectivity index (χ0) is 17.1. The molecule has 0 heterocycles. The lowest BCUT2D eigenvalue weighted by atomic mass is 9.87. The van der Waals surface area contributed by atoms with Crippen molar-refractivity contribution in [3.8, 4) is 0 Å². The summed E-state index contributed by atoms with van der Waals surface area (Å²) in [5, 5.41) is 2.59. The zero-order valence-corrected chi connectivity index (χ0v) is 15.0. The van der Waals surface area contributed by atoms with E-state index in [0.29, 0.717) is 5.92 Å². The van der Waals surface area contributed by atoms with Crippen LogP contribution >= 0.6 is 0 Å². The molecule has 4 atom stereocenters. The molecule has 0 rings (SSSR count). The standard InChI is InChI=1S/C17H33NO4/c1-7-12(2)9-8-10-13(3)16(22-6)14(4)17(20)18-11-15(19)21-5/h12-14,16H,7-11H2,1-6H3,(H,18,20). The summed E-state index contributed by atoms with van der Waals surface area (Å²) < 4.78 is 10.1. The molecule has 0 aromatic rings. The molecule has 5 nitrogen and oxygen atoms in total. The first kappa shape index (κ1) is 20.9. The quantitative estimate of drug-likeness (QED) is 0.595. The highest BCUT2D eigenvalue weighted by Crippen LogP contribution is 2.23. The number of carbonyl (C=O) groups is 2. The topological polar surface area (TPSA) is 64.6 Å². The second-order valence-corrected chi connectivity index (χ2v) is 6.20. The Morgan fingerprint density at radius 2 is 1.73 bits per heavy atom. The molecule has 1 N–H and O–H groups in total. The van der Waals surface area contributed by atoms with Gasteiger partial charge >= 0.3 is 5.97 Å². The van der Waals surface area contributed by atoms with Gasteiger partial charge in [-0.05, 0) is 18.3 Å². The molecule has 4 unspecified atom stereocenters. The number of methoxy groups -OCH3 is 2. The SMILES string of the molecule is CCC(C)CCCC(C)C(OC)C(C)C(=O)NCC(=O)OC. The summed E-state index contributed by atoms with van der Waals surface area (Å²) >= 11 is 0. The van der Waals surface area contributed by atoms with E-state index >= 15 is 0 Å². The molecule has 0 radical (unpaired) electrons. The minimum absolute atomic E-state index is 0.0987. The third-order valence-electron chi connectivity index (χ3n) is 4.43. The Morgan fingerprint density at radius 3 is 2.23 bits per heavy atom. The van der Waals surface area contributed by atoms with E-state index in [4.69, 9.17) is 4.74 Å². The summed E-state index contributed by atoms with van der Waals surface area (Å²) in [4.78, 5) is 23.2. The van der Waals surface area contributed by atoms with Crippen molar-refractivity contribution >= 4 is 11.9 Å². The van der Waals surface area contributed by atoms with Crippen molar-refractivity contribution in [1.82, 2.24) is 5.32 Å². The van der Waals surface area contributed by atoms with Gasteiger partial charge in [0.25, 0.3) is 0 Å². The van der Waals surface area contributed by atoms with Crippen LogP contribution in [0.25, 0.3) is 0 Å². The first-order chi connectivity index (χ1) is 10.4. The summed E-state index contributed by atoms with van der Waals surface area (Å²) in [5.41, 5.74) is 0. The highest BCUT2D eigenvalue weighted by molar-refractivity contribution is 5.83. The maximum Gasteiger partial charge on any atom is 0.325 e. The molecule has 130 valence electrons. The van der Waals surface area contributed by atoms with Gasteiger partial charge in [-0.3, -0.25) is 9.59 Å². The first-order valence-electron chi connectivity index (χ1n) is 8.24. The van der Waals surface area contributed by atoms with Crippen molar-refractivity contribution in [3.63, 3.8) is 0 Å². The van der Waals surface area contributed by atoms with Crippen LogP contribution in [0.2, 0.25) is 0 Å². The highest BCUT2D eigenvalue weighted by atomic mass is 16.5. The van der Waals surface area contributed by atoms with Gasteiger partial charge in [0.05, 0.1) is 19.1 Å². The molecule has 0 bridgehead atoms. The van der Waals surface area contributed by atoms with Crippen molar-refractivity contribution in [2.24, 2.45) is 17.8 Å². The van der Waals surface area contributed by atoms with Crippen molar-refractivity contribution in [2.75, 3.05) is 20.8 Å². The number of hydrogen-bond acceptors (Lipinski definition) is 4. The molecular formula is C17H33NO4. The van der Waals surface area contributed by atoms with Gasteiger partial charge in [0.1, 0.15) is 6.54 Å². The summed E-state index contributed by atoms with van der Waals surface area (Å²) in [7, 11) is 2.94. The average molecular weight is 315 g/mol. The largest absolute Gasteiger partial charge is 0.468 e. The number of esters is 1. The van der Waals surface area contributed by atoms with Gasteiger partial charge in [-0.15, -0.1) is 0 Å². The number of nitrogens with one attached hydrogen (secondary N) is 1. The van der Waals surface area contributed by atoms with Gasteiger partial charge in [-0.2, -0.15) is 0 Å². The molecule has 0 fully saturated rings. The Bertz CT molecular complexity index is 333. The monoisotopic (exact) mass is 315 g/mol. The van der Waals surface area contributed by atoms with E-state index < -0.39 is 5.97 Å². The maximum absolute atomic E-state index is 12.1. The molecule has 0 aromatic heterocycles. The minimum Gasteiger partial charge on any atom is -0.468 e. The molecule has 0 saturated heterocycles. The number of carbonyl (C=O) groups excluding carboxylic acids is 2. The minimum atomic E-state index is -0.448. The van der Waals surface area contributed by atoms with Gasteiger partial charge in [-0.1, -0.05) is 47.0 Å². The van der Waals surface area contributed by atoms with Crippen LogP contribution in [0, 0.1) is 17.8 Å². The third-order valence-corrected chi connectivity index (χ3v) is 4.43. The van der Waals surface area contributed by atoms with E-state index in [1.807, 2.05) is 6.92 Å². The van der Waals surface area contributed by atoms with Crippen molar-refractivity contribution in [1.29, 1.82) is 0 Å². The van der Waals surface area contributed by atoms with Crippen LogP contribution in [0.1, 0.15) is 53.4 Å². The zero-order valence-electron chi connectivity index (χ0n) is 15.0. The summed E-state index contributed by atoms with van der Waals surface area (Å²) in [5.74, 6) is 0.123. The van der Waals surface area contributed by atoms with Gasteiger partial charge in [0, 0.05) is 7.11 Å². The predicted octanol–water partition coefficient (Wildman–Crippen LogP) is 2.78. The van der Waals surface area contributed by atoms with E-state index in [-0.39, 0.29) is 24.5 Å². The molecule has 0 saturated carbocycles. The van der Waals surface area contributed by atoms with E-state index in [1.165, 1.54) is 20.0 Å². The number of ether oxygens (including phenoxy) is 2. The number of hydrogen-bond donors (Lipinski definition) is 1. The van der Waals surface area contributed by atoms with Crippen LogP contribution in [0.3, 0.4) is 0 Å². The fourth-order valence-electron chi connectivity index (χ4n) is 2.63. The summed E-state index contributed by atoms with van der Waals surface area (Å²) in [6, 6.07) is 0. The van der Waals surface area contributed by atoms with Crippen LogP contribution in [-0.4, -0.2) is 38.7 Å². The lowest BCUT2D eigenvalue weighted by molar-refractivity contribution is -0.142. The highest BCUT2D eigenvalue weighted by Gasteiger charge is 2.28. The number of amides is 1. The second-order valence-electron chi connectivity index (χ2n) is 6.20. The lowest BCUT2D eigenvalue weighted by Gasteiger charge is -2.28. The Balaban J connectivity index is 4.34. The Morgan fingerprint density at radius 1 is 1.09 bits per heavy atom. The van der Waals surface area contributed by atoms with E-state index in [9.17, 15) is 9.59 Å². The van der Waals surface area contributed by atoms with Crippen LogP contribution in [0.4, 0.5) is 0 Å². The lowest BCUT2D eigenvalue weighted by Crippen LogP contribution is -2.41. The van der Waals surface area contributed by atoms with Crippen LogP contribution < -0.4 is 5.32 Å². The Kier molecular flexibility index (Phi) is 10.9. The van der Waals surface area contributed by atoms with E-state index in [1.54, 1.807) is 7.11 Å². The molecule has 22 heavy (non-hydrogen) atoms. The fourth-order valence-corrected chi connectivity index (χ4v) is 2.63. The van der Waals surface area contributed by atoms with E-state index in [0.717, 1.165) is 18.8 Å². The second kappa shape index (κ2) is 11.5. The van der Waals surface area contributed by atoms with Crippen LogP contribution in [-0.2, 0) is 19.1 Å². The Labute approximate surface area is 135 Å². The summed E-state index contributed by atoms with van der Waals surface area (Å²) in [6.45, 7) is 8.33. The van der Waals surface area contributed by atoms with Crippen LogP contribution in [0.15, 0.2) is 0 Å². The van der Waals surface area contributed by atoms with Gasteiger partial charge < -0.3 is 14.8 Å².